The highest BCUT2D eigenvalue weighted by Gasteiger charge is 2.52. The first-order valence-electron chi connectivity index (χ1n) is 5.28. The van der Waals surface area contributed by atoms with Crippen molar-refractivity contribution in [3.05, 3.63) is 28.7 Å². The van der Waals surface area contributed by atoms with E-state index in [1.807, 2.05) is 0 Å². The number of carbonyl (C=O) groups is 1. The summed E-state index contributed by atoms with van der Waals surface area (Å²) in [5.41, 5.74) is 0.389. The van der Waals surface area contributed by atoms with Gasteiger partial charge >= 0.3 is 5.97 Å². The maximum absolute atomic E-state index is 11.7. The van der Waals surface area contributed by atoms with E-state index in [1.54, 1.807) is 18.2 Å². The molecule has 5 nitrogen and oxygen atoms in total. The summed E-state index contributed by atoms with van der Waals surface area (Å²) in [5.74, 6) is 0.143. The normalized spacial score (nSPS) is 16.1. The number of ether oxygens (including phenoxy) is 2. The number of carbonyl (C=O) groups excluding carboxylic acids is 1. The molecule has 5 heteroatoms. The molecule has 0 aliphatic heterocycles. The predicted octanol–water partition coefficient (Wildman–Crippen LogP) is 2.30. The third-order valence-corrected chi connectivity index (χ3v) is 3.16. The maximum atomic E-state index is 11.7. The summed E-state index contributed by atoms with van der Waals surface area (Å²) in [4.78, 5) is 22.4. The van der Waals surface area contributed by atoms with Gasteiger partial charge in [-0.2, -0.15) is 0 Å². The quantitative estimate of drug-likeness (QED) is 0.593. The largest absolute Gasteiger partial charge is 0.494 e. The Morgan fingerprint density at radius 3 is 2.53 bits per heavy atom. The van der Waals surface area contributed by atoms with Crippen molar-refractivity contribution in [2.24, 2.45) is 5.18 Å². The fourth-order valence-electron chi connectivity index (χ4n) is 1.99. The van der Waals surface area contributed by atoms with Crippen LogP contribution < -0.4 is 4.74 Å². The lowest BCUT2D eigenvalue weighted by atomic mass is 9.95. The van der Waals surface area contributed by atoms with Gasteiger partial charge in [0, 0.05) is 0 Å². The van der Waals surface area contributed by atoms with Crippen molar-refractivity contribution in [2.45, 2.75) is 18.3 Å². The van der Waals surface area contributed by atoms with Crippen molar-refractivity contribution >= 4 is 11.7 Å². The Morgan fingerprint density at radius 2 is 2.06 bits per heavy atom. The Balaban J connectivity index is 2.41. The van der Waals surface area contributed by atoms with Crippen molar-refractivity contribution in [1.82, 2.24) is 0 Å². The van der Waals surface area contributed by atoms with Gasteiger partial charge < -0.3 is 9.47 Å². The minimum atomic E-state index is -0.583. The van der Waals surface area contributed by atoms with Crippen LogP contribution in [0.3, 0.4) is 0 Å². The summed E-state index contributed by atoms with van der Waals surface area (Å²) < 4.78 is 9.78. The molecule has 17 heavy (non-hydrogen) atoms. The van der Waals surface area contributed by atoms with Crippen LogP contribution >= 0.6 is 0 Å². The molecule has 0 bridgehead atoms. The number of rotatable bonds is 4. The molecule has 0 heterocycles. The van der Waals surface area contributed by atoms with E-state index < -0.39 is 5.41 Å². The van der Waals surface area contributed by atoms with Crippen LogP contribution in [-0.4, -0.2) is 20.2 Å². The Morgan fingerprint density at radius 1 is 1.35 bits per heavy atom. The third-order valence-electron chi connectivity index (χ3n) is 3.16. The smallest absolute Gasteiger partial charge is 0.316 e. The lowest BCUT2D eigenvalue weighted by Gasteiger charge is -2.14. The van der Waals surface area contributed by atoms with Gasteiger partial charge in [0.15, 0.2) is 0 Å². The summed E-state index contributed by atoms with van der Waals surface area (Å²) in [6, 6.07) is 5.02. The Labute approximate surface area is 98.7 Å². The summed E-state index contributed by atoms with van der Waals surface area (Å²) in [7, 11) is 2.84. The lowest BCUT2D eigenvalue weighted by molar-refractivity contribution is -0.143. The zero-order valence-corrected chi connectivity index (χ0v) is 9.73. The Bertz CT molecular complexity index is 466. The van der Waals surface area contributed by atoms with Gasteiger partial charge in [-0.1, -0.05) is 6.07 Å². The number of esters is 1. The molecule has 1 aromatic carbocycles. The maximum Gasteiger partial charge on any atom is 0.316 e. The topological polar surface area (TPSA) is 65.0 Å². The van der Waals surface area contributed by atoms with Crippen LogP contribution in [0.25, 0.3) is 0 Å². The fraction of sp³-hybridized carbons (Fsp3) is 0.417. The van der Waals surface area contributed by atoms with Crippen molar-refractivity contribution in [2.75, 3.05) is 14.2 Å². The average molecular weight is 235 g/mol. The second-order valence-electron chi connectivity index (χ2n) is 4.05. The molecule has 0 amide bonds. The second-order valence-corrected chi connectivity index (χ2v) is 4.05. The molecule has 0 atom stereocenters. The van der Waals surface area contributed by atoms with Gasteiger partial charge in [-0.25, -0.2) is 0 Å². The summed E-state index contributed by atoms with van der Waals surface area (Å²) >= 11 is 0. The summed E-state index contributed by atoms with van der Waals surface area (Å²) in [6.45, 7) is 0. The van der Waals surface area contributed by atoms with Crippen LogP contribution in [0.2, 0.25) is 0 Å². The zero-order valence-electron chi connectivity index (χ0n) is 9.73. The Hall–Kier alpha value is -1.91. The van der Waals surface area contributed by atoms with Crippen molar-refractivity contribution in [1.29, 1.82) is 0 Å². The van der Waals surface area contributed by atoms with E-state index in [2.05, 4.69) is 5.18 Å². The molecular weight excluding hydrogens is 222 g/mol. The molecule has 90 valence electrons. The summed E-state index contributed by atoms with van der Waals surface area (Å²) in [5, 5.41) is 2.90. The van der Waals surface area contributed by atoms with Crippen LogP contribution in [0.1, 0.15) is 18.4 Å². The second kappa shape index (κ2) is 4.16. The highest BCUT2D eigenvalue weighted by Crippen LogP contribution is 2.50. The van der Waals surface area contributed by atoms with Crippen LogP contribution in [0.5, 0.6) is 5.75 Å². The predicted molar refractivity (Wildman–Crippen MR) is 61.4 cm³/mol. The van der Waals surface area contributed by atoms with E-state index in [1.165, 1.54) is 14.2 Å². The number of hydrogen-bond donors (Lipinski definition) is 0. The molecule has 1 aliphatic carbocycles. The third kappa shape index (κ3) is 1.77. The monoisotopic (exact) mass is 235 g/mol. The van der Waals surface area contributed by atoms with E-state index in [0.717, 1.165) is 18.4 Å². The van der Waals surface area contributed by atoms with E-state index in [0.29, 0.717) is 5.75 Å². The highest BCUT2D eigenvalue weighted by atomic mass is 16.5. The first kappa shape index (κ1) is 11.6. The molecule has 0 saturated heterocycles. The molecule has 0 unspecified atom stereocenters. The fourth-order valence-corrected chi connectivity index (χ4v) is 1.99. The minimum Gasteiger partial charge on any atom is -0.494 e. The highest BCUT2D eigenvalue weighted by molar-refractivity contribution is 5.87. The number of methoxy groups -OCH3 is 2. The van der Waals surface area contributed by atoms with Gasteiger partial charge in [-0.3, -0.25) is 4.79 Å². The molecule has 1 aromatic rings. The van der Waals surface area contributed by atoms with Crippen molar-refractivity contribution in [3.8, 4) is 5.75 Å². The Kier molecular flexibility index (Phi) is 2.83. The van der Waals surface area contributed by atoms with E-state index >= 15 is 0 Å². The average Bonchev–Trinajstić information content (AvgIpc) is 3.18. The first-order chi connectivity index (χ1) is 8.17. The van der Waals surface area contributed by atoms with Crippen molar-refractivity contribution < 1.29 is 14.3 Å². The SMILES string of the molecule is COC(=O)C1(c2ccc(OC)c(N=O)c2)CC1. The summed E-state index contributed by atoms with van der Waals surface area (Å²) in [6.07, 6.45) is 1.48. The molecule has 0 radical (unpaired) electrons. The number of nitrogens with zero attached hydrogens (tertiary/aromatic N) is 1. The molecule has 0 spiro atoms. The molecule has 0 N–H and O–H groups in total. The van der Waals surface area contributed by atoms with Crippen LogP contribution in [-0.2, 0) is 14.9 Å². The van der Waals surface area contributed by atoms with E-state index in [-0.39, 0.29) is 11.7 Å². The zero-order chi connectivity index (χ0) is 12.5. The molecule has 1 saturated carbocycles. The van der Waals surface area contributed by atoms with Crippen LogP contribution in [0.15, 0.2) is 23.4 Å². The van der Waals surface area contributed by atoms with E-state index in [9.17, 15) is 9.70 Å². The number of hydrogen-bond acceptors (Lipinski definition) is 5. The number of nitroso groups, excluding NO2 is 1. The molecule has 0 aromatic heterocycles. The van der Waals surface area contributed by atoms with Gasteiger partial charge in [0.25, 0.3) is 0 Å². The minimum absolute atomic E-state index is 0.208. The van der Waals surface area contributed by atoms with Gasteiger partial charge in [0.1, 0.15) is 11.4 Å². The first-order valence-corrected chi connectivity index (χ1v) is 5.28. The molecular formula is C12H13NO4. The molecule has 1 aliphatic rings. The number of benzene rings is 1. The lowest BCUT2D eigenvalue weighted by Crippen LogP contribution is -2.21. The molecule has 2 rings (SSSR count). The van der Waals surface area contributed by atoms with Gasteiger partial charge in [-0.15, -0.1) is 4.91 Å². The van der Waals surface area contributed by atoms with Crippen LogP contribution in [0.4, 0.5) is 5.69 Å². The van der Waals surface area contributed by atoms with Crippen LogP contribution in [0, 0.1) is 4.91 Å². The van der Waals surface area contributed by atoms with E-state index in [4.69, 9.17) is 9.47 Å². The van der Waals surface area contributed by atoms with Gasteiger partial charge in [0.05, 0.1) is 19.6 Å². The van der Waals surface area contributed by atoms with Gasteiger partial charge in [0.2, 0.25) is 0 Å². The van der Waals surface area contributed by atoms with Gasteiger partial charge in [-0.05, 0) is 35.7 Å². The van der Waals surface area contributed by atoms with Crippen molar-refractivity contribution in [3.63, 3.8) is 0 Å². The standard InChI is InChI=1S/C12H13NO4/c1-16-10-4-3-8(7-9(10)13-15)12(5-6-12)11(14)17-2/h3-4,7H,5-6H2,1-2H3. The molecule has 1 fully saturated rings.